The molecule has 32 heavy (non-hydrogen) atoms. The largest absolute Gasteiger partial charge is 0.462 e. The third kappa shape index (κ3) is 4.92. The number of thioether (sulfide) groups is 1. The molecule has 0 atom stereocenters. The predicted molar refractivity (Wildman–Crippen MR) is 124 cm³/mol. The van der Waals surface area contributed by atoms with Gasteiger partial charge in [0.1, 0.15) is 22.1 Å². The molecule has 164 valence electrons. The first-order valence-corrected chi connectivity index (χ1v) is 11.7. The quantitative estimate of drug-likeness (QED) is 0.276. The van der Waals surface area contributed by atoms with Crippen molar-refractivity contribution in [2.75, 3.05) is 17.7 Å². The van der Waals surface area contributed by atoms with E-state index in [1.54, 1.807) is 18.4 Å². The lowest BCUT2D eigenvalue weighted by molar-refractivity contribution is -0.113. The number of thiophene rings is 1. The number of aromatic nitrogens is 3. The molecule has 0 bridgehead atoms. The second kappa shape index (κ2) is 9.84. The third-order valence-electron chi connectivity index (χ3n) is 4.37. The standard InChI is InChI=1S/C22H20N4O4S2/c1-3-29-21(28)18-15(16-10-9-13(2)30-16)11-31-20(18)23-17(27)12-32-22-24-19(25-26-22)14-7-5-4-6-8-14/h4-11H,3,12H2,1-2H3,(H,23,27)(H,24,25,26). The van der Waals surface area contributed by atoms with Gasteiger partial charge < -0.3 is 14.5 Å². The summed E-state index contributed by atoms with van der Waals surface area (Å²) >= 11 is 2.45. The molecule has 0 saturated heterocycles. The Hall–Kier alpha value is -3.37. The Bertz CT molecular complexity index is 1230. The first kappa shape index (κ1) is 21.8. The smallest absolute Gasteiger partial charge is 0.341 e. The van der Waals surface area contributed by atoms with E-state index in [2.05, 4.69) is 20.5 Å². The Kier molecular flexibility index (Phi) is 6.72. The fourth-order valence-electron chi connectivity index (χ4n) is 2.95. The van der Waals surface area contributed by atoms with Gasteiger partial charge in [0.25, 0.3) is 0 Å². The van der Waals surface area contributed by atoms with Gasteiger partial charge in [0, 0.05) is 16.5 Å². The number of nitrogens with zero attached hydrogens (tertiary/aromatic N) is 2. The van der Waals surface area contributed by atoms with Crippen molar-refractivity contribution in [1.29, 1.82) is 0 Å². The first-order valence-electron chi connectivity index (χ1n) is 9.81. The minimum atomic E-state index is -0.512. The Labute approximate surface area is 192 Å². The van der Waals surface area contributed by atoms with Crippen molar-refractivity contribution in [2.45, 2.75) is 19.0 Å². The number of hydrogen-bond donors (Lipinski definition) is 2. The van der Waals surface area contributed by atoms with Crippen molar-refractivity contribution in [1.82, 2.24) is 15.2 Å². The van der Waals surface area contributed by atoms with Gasteiger partial charge in [-0.1, -0.05) is 42.1 Å². The molecule has 1 amide bonds. The van der Waals surface area contributed by atoms with E-state index < -0.39 is 5.97 Å². The fourth-order valence-corrected chi connectivity index (χ4v) is 4.50. The monoisotopic (exact) mass is 468 g/mol. The van der Waals surface area contributed by atoms with Crippen LogP contribution >= 0.6 is 23.1 Å². The third-order valence-corrected chi connectivity index (χ3v) is 6.12. The van der Waals surface area contributed by atoms with E-state index in [1.165, 1.54) is 23.1 Å². The van der Waals surface area contributed by atoms with Crippen LogP contribution in [0.2, 0.25) is 0 Å². The van der Waals surface area contributed by atoms with E-state index in [0.717, 1.165) is 11.3 Å². The van der Waals surface area contributed by atoms with Crippen molar-refractivity contribution in [3.8, 4) is 22.7 Å². The number of carbonyl (C=O) groups is 2. The fraction of sp³-hybridized carbons (Fsp3) is 0.182. The molecule has 0 aliphatic heterocycles. The van der Waals surface area contributed by atoms with Crippen LogP contribution in [0.4, 0.5) is 5.00 Å². The van der Waals surface area contributed by atoms with Crippen LogP contribution in [0, 0.1) is 6.92 Å². The lowest BCUT2D eigenvalue weighted by Crippen LogP contribution is -2.16. The lowest BCUT2D eigenvalue weighted by atomic mass is 10.1. The zero-order chi connectivity index (χ0) is 22.5. The van der Waals surface area contributed by atoms with E-state index >= 15 is 0 Å². The summed E-state index contributed by atoms with van der Waals surface area (Å²) in [6.45, 7) is 3.78. The summed E-state index contributed by atoms with van der Waals surface area (Å²) < 4.78 is 10.9. The van der Waals surface area contributed by atoms with E-state index in [9.17, 15) is 9.59 Å². The predicted octanol–water partition coefficient (Wildman–Crippen LogP) is 5.01. The molecule has 4 rings (SSSR count). The van der Waals surface area contributed by atoms with Gasteiger partial charge in [-0.3, -0.25) is 9.89 Å². The first-order chi connectivity index (χ1) is 15.5. The molecule has 0 fully saturated rings. The van der Waals surface area contributed by atoms with Crippen LogP contribution in [-0.2, 0) is 9.53 Å². The molecule has 8 nitrogen and oxygen atoms in total. The molecule has 0 unspecified atom stereocenters. The molecule has 3 aromatic heterocycles. The number of rotatable bonds is 8. The number of esters is 1. The number of nitrogens with one attached hydrogen (secondary N) is 2. The number of benzene rings is 1. The molecular weight excluding hydrogens is 448 g/mol. The number of H-pyrrole nitrogens is 1. The molecule has 0 radical (unpaired) electrons. The highest BCUT2D eigenvalue weighted by Crippen LogP contribution is 2.37. The maximum Gasteiger partial charge on any atom is 0.341 e. The number of anilines is 1. The number of hydrogen-bond acceptors (Lipinski definition) is 8. The van der Waals surface area contributed by atoms with Gasteiger partial charge in [-0.05, 0) is 26.0 Å². The van der Waals surface area contributed by atoms with Crippen molar-refractivity contribution in [3.63, 3.8) is 0 Å². The highest BCUT2D eigenvalue weighted by molar-refractivity contribution is 7.99. The highest BCUT2D eigenvalue weighted by atomic mass is 32.2. The van der Waals surface area contributed by atoms with Gasteiger partial charge in [0.15, 0.2) is 5.82 Å². The topological polar surface area (TPSA) is 110 Å². The van der Waals surface area contributed by atoms with Crippen LogP contribution in [0.15, 0.2) is 57.4 Å². The molecule has 0 aliphatic rings. The van der Waals surface area contributed by atoms with E-state index in [4.69, 9.17) is 9.15 Å². The summed E-state index contributed by atoms with van der Waals surface area (Å²) in [4.78, 5) is 29.6. The molecule has 0 spiro atoms. The van der Waals surface area contributed by atoms with Gasteiger partial charge in [-0.25, -0.2) is 9.78 Å². The van der Waals surface area contributed by atoms with Crippen molar-refractivity contribution in [3.05, 3.63) is 59.2 Å². The van der Waals surface area contributed by atoms with E-state index in [-0.39, 0.29) is 23.8 Å². The highest BCUT2D eigenvalue weighted by Gasteiger charge is 2.24. The Morgan fingerprint density at radius 2 is 2.03 bits per heavy atom. The summed E-state index contributed by atoms with van der Waals surface area (Å²) in [5, 5.41) is 12.5. The summed E-state index contributed by atoms with van der Waals surface area (Å²) in [7, 11) is 0. The van der Waals surface area contributed by atoms with Crippen molar-refractivity contribution >= 4 is 40.0 Å². The van der Waals surface area contributed by atoms with E-state index in [1.807, 2.05) is 43.3 Å². The molecule has 4 aromatic rings. The molecule has 0 saturated carbocycles. The number of furan rings is 1. The Morgan fingerprint density at radius 3 is 2.75 bits per heavy atom. The second-order valence-electron chi connectivity index (χ2n) is 6.65. The van der Waals surface area contributed by atoms with Gasteiger partial charge >= 0.3 is 5.97 Å². The number of ether oxygens (including phenoxy) is 1. The second-order valence-corrected chi connectivity index (χ2v) is 8.48. The normalized spacial score (nSPS) is 10.8. The zero-order valence-corrected chi connectivity index (χ0v) is 19.0. The minimum absolute atomic E-state index is 0.0848. The van der Waals surface area contributed by atoms with Crippen LogP contribution in [0.25, 0.3) is 22.7 Å². The lowest BCUT2D eigenvalue weighted by Gasteiger charge is -2.07. The molecule has 3 heterocycles. The van der Waals surface area contributed by atoms with E-state index in [0.29, 0.717) is 27.3 Å². The van der Waals surface area contributed by atoms with Gasteiger partial charge in [-0.2, -0.15) is 0 Å². The van der Waals surface area contributed by atoms with Crippen LogP contribution in [0.3, 0.4) is 0 Å². The SMILES string of the molecule is CCOC(=O)c1c(-c2ccc(C)o2)csc1NC(=O)CSc1n[nH]c(-c2ccccc2)n1. The average Bonchev–Trinajstić information content (AvgIpc) is 3.53. The molecule has 2 N–H and O–H groups in total. The Balaban J connectivity index is 1.45. The number of aromatic amines is 1. The number of carbonyl (C=O) groups excluding carboxylic acids is 2. The van der Waals surface area contributed by atoms with Crippen molar-refractivity contribution in [2.24, 2.45) is 0 Å². The number of amides is 1. The van der Waals surface area contributed by atoms with Gasteiger partial charge in [0.05, 0.1) is 12.4 Å². The van der Waals surface area contributed by atoms with Crippen molar-refractivity contribution < 1.29 is 18.7 Å². The average molecular weight is 469 g/mol. The molecular formula is C22H20N4O4S2. The zero-order valence-electron chi connectivity index (χ0n) is 17.4. The van der Waals surface area contributed by atoms with Crippen LogP contribution in [-0.4, -0.2) is 39.4 Å². The van der Waals surface area contributed by atoms with Gasteiger partial charge in [0.2, 0.25) is 11.1 Å². The molecule has 10 heteroatoms. The van der Waals surface area contributed by atoms with Crippen LogP contribution in [0.5, 0.6) is 0 Å². The summed E-state index contributed by atoms with van der Waals surface area (Å²) in [5.74, 6) is 1.20. The van der Waals surface area contributed by atoms with Crippen LogP contribution in [0.1, 0.15) is 23.0 Å². The maximum atomic E-state index is 12.6. The summed E-state index contributed by atoms with van der Waals surface area (Å²) in [6.07, 6.45) is 0. The summed E-state index contributed by atoms with van der Waals surface area (Å²) in [6, 6.07) is 13.2. The Morgan fingerprint density at radius 1 is 1.22 bits per heavy atom. The van der Waals surface area contributed by atoms with Crippen LogP contribution < -0.4 is 5.32 Å². The molecule has 0 aliphatic carbocycles. The minimum Gasteiger partial charge on any atom is -0.462 e. The molecule has 1 aromatic carbocycles. The summed E-state index contributed by atoms with van der Waals surface area (Å²) in [5.41, 5.74) is 1.79. The maximum absolute atomic E-state index is 12.6. The number of aryl methyl sites for hydroxylation is 1. The van der Waals surface area contributed by atoms with Gasteiger partial charge in [-0.15, -0.1) is 16.4 Å².